The van der Waals surface area contributed by atoms with Crippen molar-refractivity contribution in [1.29, 1.82) is 0 Å². The molecule has 1 amide bonds. The summed E-state index contributed by atoms with van der Waals surface area (Å²) in [5, 5.41) is 10.1. The van der Waals surface area contributed by atoms with E-state index < -0.39 is 0 Å². The van der Waals surface area contributed by atoms with Gasteiger partial charge in [0.15, 0.2) is 5.76 Å². The van der Waals surface area contributed by atoms with Gasteiger partial charge in [-0.3, -0.25) is 10.1 Å². The summed E-state index contributed by atoms with van der Waals surface area (Å²) in [6.45, 7) is 0. The Morgan fingerprint density at radius 3 is 2.75 bits per heavy atom. The molecule has 0 aliphatic carbocycles. The van der Waals surface area contributed by atoms with E-state index in [1.165, 1.54) is 6.26 Å². The lowest BCUT2D eigenvalue weighted by molar-refractivity contribution is 0.102. The standard InChI is InChI=1S/C13H8BrN3O3/c14-9-5-2-1-4-8(9)11(18)15-13-17-16-12(20-13)10-6-3-7-19-10/h1-7H,(H,15,17,18). The Morgan fingerprint density at radius 2 is 2.00 bits per heavy atom. The fraction of sp³-hybridized carbons (Fsp3) is 0. The van der Waals surface area contributed by atoms with Crippen molar-refractivity contribution in [3.8, 4) is 11.7 Å². The fourth-order valence-electron chi connectivity index (χ4n) is 1.58. The monoisotopic (exact) mass is 333 g/mol. The molecule has 1 N–H and O–H groups in total. The van der Waals surface area contributed by atoms with Crippen LogP contribution in [0.25, 0.3) is 11.7 Å². The number of carbonyl (C=O) groups is 1. The number of amides is 1. The van der Waals surface area contributed by atoms with E-state index >= 15 is 0 Å². The zero-order valence-electron chi connectivity index (χ0n) is 10.0. The van der Waals surface area contributed by atoms with Crippen molar-refractivity contribution in [2.75, 3.05) is 5.32 Å². The highest BCUT2D eigenvalue weighted by atomic mass is 79.9. The molecule has 2 aromatic heterocycles. The summed E-state index contributed by atoms with van der Waals surface area (Å²) in [5.41, 5.74) is 0.477. The Balaban J connectivity index is 1.79. The van der Waals surface area contributed by atoms with Gasteiger partial charge in [-0.05, 0) is 40.2 Å². The first-order valence-electron chi connectivity index (χ1n) is 5.67. The van der Waals surface area contributed by atoms with Crippen molar-refractivity contribution in [1.82, 2.24) is 10.2 Å². The summed E-state index contributed by atoms with van der Waals surface area (Å²) >= 11 is 3.30. The van der Waals surface area contributed by atoms with Gasteiger partial charge in [-0.25, -0.2) is 0 Å². The average molecular weight is 334 g/mol. The maximum Gasteiger partial charge on any atom is 0.322 e. The van der Waals surface area contributed by atoms with Crippen LogP contribution in [0.2, 0.25) is 0 Å². The first kappa shape index (κ1) is 12.6. The van der Waals surface area contributed by atoms with Gasteiger partial charge >= 0.3 is 6.01 Å². The van der Waals surface area contributed by atoms with E-state index in [2.05, 4.69) is 31.4 Å². The molecule has 0 unspecified atom stereocenters. The minimum atomic E-state index is -0.341. The van der Waals surface area contributed by atoms with Crippen LogP contribution in [0, 0.1) is 0 Å². The van der Waals surface area contributed by atoms with Gasteiger partial charge in [-0.1, -0.05) is 17.2 Å². The normalized spacial score (nSPS) is 10.4. The lowest BCUT2D eigenvalue weighted by Crippen LogP contribution is -2.12. The zero-order chi connectivity index (χ0) is 13.9. The molecule has 0 radical (unpaired) electrons. The van der Waals surface area contributed by atoms with Crippen LogP contribution in [0.3, 0.4) is 0 Å². The molecule has 0 aliphatic rings. The van der Waals surface area contributed by atoms with Gasteiger partial charge in [0.25, 0.3) is 11.8 Å². The molecular formula is C13H8BrN3O3. The number of rotatable bonds is 3. The van der Waals surface area contributed by atoms with Crippen LogP contribution in [0.15, 0.2) is 56.0 Å². The van der Waals surface area contributed by atoms with Crippen LogP contribution in [-0.2, 0) is 0 Å². The number of aromatic nitrogens is 2. The average Bonchev–Trinajstić information content (AvgIpc) is 3.09. The number of furan rings is 1. The molecule has 7 heteroatoms. The van der Waals surface area contributed by atoms with Crippen LogP contribution < -0.4 is 5.32 Å². The number of nitrogens with zero attached hydrogens (tertiary/aromatic N) is 2. The zero-order valence-corrected chi connectivity index (χ0v) is 11.6. The topological polar surface area (TPSA) is 81.2 Å². The number of benzene rings is 1. The third-order valence-corrected chi connectivity index (χ3v) is 3.19. The SMILES string of the molecule is O=C(Nc1nnc(-c2ccco2)o1)c1ccccc1Br. The van der Waals surface area contributed by atoms with E-state index in [1.807, 2.05) is 6.07 Å². The predicted molar refractivity (Wildman–Crippen MR) is 74.1 cm³/mol. The minimum Gasteiger partial charge on any atom is -0.459 e. The molecule has 0 atom stereocenters. The minimum absolute atomic E-state index is 0.0113. The largest absolute Gasteiger partial charge is 0.459 e. The van der Waals surface area contributed by atoms with Crippen LogP contribution in [-0.4, -0.2) is 16.1 Å². The van der Waals surface area contributed by atoms with Gasteiger partial charge in [0.05, 0.1) is 11.8 Å². The van der Waals surface area contributed by atoms with Crippen molar-refractivity contribution in [2.45, 2.75) is 0 Å². The van der Waals surface area contributed by atoms with E-state index in [9.17, 15) is 4.79 Å². The molecule has 1 aromatic carbocycles. The van der Waals surface area contributed by atoms with E-state index in [-0.39, 0.29) is 17.8 Å². The number of anilines is 1. The van der Waals surface area contributed by atoms with Crippen molar-refractivity contribution < 1.29 is 13.6 Å². The van der Waals surface area contributed by atoms with Crippen LogP contribution in [0.4, 0.5) is 6.01 Å². The molecule has 0 saturated heterocycles. The molecule has 2 heterocycles. The maximum absolute atomic E-state index is 12.0. The summed E-state index contributed by atoms with van der Waals surface area (Å²) in [6, 6.07) is 10.5. The molecule has 0 bridgehead atoms. The highest BCUT2D eigenvalue weighted by Gasteiger charge is 2.15. The van der Waals surface area contributed by atoms with Crippen molar-refractivity contribution in [2.24, 2.45) is 0 Å². The molecule has 0 saturated carbocycles. The maximum atomic E-state index is 12.0. The summed E-state index contributed by atoms with van der Waals surface area (Å²) in [7, 11) is 0. The van der Waals surface area contributed by atoms with Gasteiger partial charge in [-0.2, -0.15) is 0 Å². The first-order valence-corrected chi connectivity index (χ1v) is 6.46. The number of halogens is 1. The van der Waals surface area contributed by atoms with Gasteiger partial charge in [0.1, 0.15) is 0 Å². The summed E-state index contributed by atoms with van der Waals surface area (Å²) < 4.78 is 11.1. The number of hydrogen-bond acceptors (Lipinski definition) is 5. The van der Waals surface area contributed by atoms with Gasteiger partial charge < -0.3 is 8.83 Å². The number of carbonyl (C=O) groups excluding carboxylic acids is 1. The third-order valence-electron chi connectivity index (χ3n) is 2.50. The molecule has 3 aromatic rings. The predicted octanol–water partition coefficient (Wildman–Crippen LogP) is 3.34. The Hall–Kier alpha value is -2.41. The molecule has 3 rings (SSSR count). The summed E-state index contributed by atoms with van der Waals surface area (Å²) in [5.74, 6) is 0.309. The Morgan fingerprint density at radius 1 is 1.15 bits per heavy atom. The summed E-state index contributed by atoms with van der Waals surface area (Å²) in [4.78, 5) is 12.0. The Labute approximate surface area is 121 Å². The van der Waals surface area contributed by atoms with Gasteiger partial charge in [0.2, 0.25) is 0 Å². The van der Waals surface area contributed by atoms with Crippen molar-refractivity contribution in [3.05, 3.63) is 52.7 Å². The second-order valence-electron chi connectivity index (χ2n) is 3.82. The van der Waals surface area contributed by atoms with Crippen LogP contribution in [0.1, 0.15) is 10.4 Å². The van der Waals surface area contributed by atoms with Crippen LogP contribution >= 0.6 is 15.9 Å². The molecule has 100 valence electrons. The third kappa shape index (κ3) is 2.48. The molecule has 0 fully saturated rings. The molecular weight excluding hydrogens is 326 g/mol. The molecule has 0 spiro atoms. The van der Waals surface area contributed by atoms with Gasteiger partial charge in [0, 0.05) is 4.47 Å². The highest BCUT2D eigenvalue weighted by molar-refractivity contribution is 9.10. The Bertz CT molecular complexity index is 737. The smallest absolute Gasteiger partial charge is 0.322 e. The Kier molecular flexibility index (Phi) is 3.34. The summed E-state index contributed by atoms with van der Waals surface area (Å²) in [6.07, 6.45) is 1.50. The second-order valence-corrected chi connectivity index (χ2v) is 4.68. The highest BCUT2D eigenvalue weighted by Crippen LogP contribution is 2.21. The lowest BCUT2D eigenvalue weighted by atomic mass is 10.2. The van der Waals surface area contributed by atoms with E-state index in [0.717, 1.165) is 0 Å². The molecule has 20 heavy (non-hydrogen) atoms. The van der Waals surface area contributed by atoms with Gasteiger partial charge in [-0.15, -0.1) is 5.10 Å². The quantitative estimate of drug-likeness (QED) is 0.794. The molecule has 6 nitrogen and oxygen atoms in total. The van der Waals surface area contributed by atoms with Crippen molar-refractivity contribution in [3.63, 3.8) is 0 Å². The first-order chi connectivity index (χ1) is 9.74. The van der Waals surface area contributed by atoms with E-state index in [0.29, 0.717) is 15.8 Å². The van der Waals surface area contributed by atoms with E-state index in [1.54, 1.807) is 30.3 Å². The second kappa shape index (κ2) is 5.30. The molecule has 0 aliphatic heterocycles. The fourth-order valence-corrected chi connectivity index (χ4v) is 2.05. The van der Waals surface area contributed by atoms with Crippen molar-refractivity contribution >= 4 is 27.9 Å². The number of nitrogens with one attached hydrogen (secondary N) is 1. The van der Waals surface area contributed by atoms with E-state index in [4.69, 9.17) is 8.83 Å². The number of hydrogen-bond donors (Lipinski definition) is 1. The lowest BCUT2D eigenvalue weighted by Gasteiger charge is -2.02. The van der Waals surface area contributed by atoms with Crippen LogP contribution in [0.5, 0.6) is 0 Å².